The van der Waals surface area contributed by atoms with E-state index in [1.807, 2.05) is 18.2 Å². The largest absolute Gasteiger partial charge is 0.468 e. The summed E-state index contributed by atoms with van der Waals surface area (Å²) in [7, 11) is 0. The number of aromatic amines is 1. The lowest BCUT2D eigenvalue weighted by Gasteiger charge is -2.02. The van der Waals surface area contributed by atoms with E-state index in [0.717, 1.165) is 18.7 Å². The van der Waals surface area contributed by atoms with Crippen LogP contribution in [0.5, 0.6) is 5.88 Å². The fraction of sp³-hybridized carbons (Fsp3) is 0.188. The number of rotatable bonds is 6. The van der Waals surface area contributed by atoms with Crippen LogP contribution in [0.1, 0.15) is 17.2 Å². The molecule has 0 saturated heterocycles. The lowest BCUT2D eigenvalue weighted by atomic mass is 10.1. The van der Waals surface area contributed by atoms with Gasteiger partial charge in [-0.3, -0.25) is 5.10 Å². The van der Waals surface area contributed by atoms with Crippen LogP contribution in [-0.4, -0.2) is 35.0 Å². The summed E-state index contributed by atoms with van der Waals surface area (Å²) in [6.07, 6.45) is 3.22. The molecule has 24 heavy (non-hydrogen) atoms. The molecule has 0 atom stereocenters. The minimum Gasteiger partial charge on any atom is -0.468 e. The van der Waals surface area contributed by atoms with Crippen molar-refractivity contribution in [2.24, 2.45) is 0 Å². The standard InChI is InChI=1S/C16H15N7O/c1-2-4-12(5-3-1)6-7-13-18-14(20-19-13)10-24-16-9-8-15-21-17-11-23(15)22-16/h1-5,8-9,11H,6-7,10H2,(H,18,19,20). The number of aromatic nitrogens is 7. The quantitative estimate of drug-likeness (QED) is 0.580. The molecule has 8 nitrogen and oxygen atoms in total. The maximum atomic E-state index is 5.62. The predicted octanol–water partition coefficient (Wildman–Crippen LogP) is 1.61. The number of nitrogens with one attached hydrogen (secondary N) is 1. The van der Waals surface area contributed by atoms with Crippen molar-refractivity contribution in [3.63, 3.8) is 0 Å². The summed E-state index contributed by atoms with van der Waals surface area (Å²) < 4.78 is 7.18. The number of hydrogen-bond donors (Lipinski definition) is 1. The lowest BCUT2D eigenvalue weighted by Crippen LogP contribution is -2.02. The van der Waals surface area contributed by atoms with Crippen LogP contribution in [0.15, 0.2) is 48.8 Å². The molecule has 0 unspecified atom stereocenters. The van der Waals surface area contributed by atoms with Crippen LogP contribution >= 0.6 is 0 Å². The van der Waals surface area contributed by atoms with E-state index in [2.05, 4.69) is 42.6 Å². The van der Waals surface area contributed by atoms with E-state index in [-0.39, 0.29) is 6.61 Å². The van der Waals surface area contributed by atoms with Crippen LogP contribution in [0.25, 0.3) is 5.65 Å². The molecule has 1 N–H and O–H groups in total. The third kappa shape index (κ3) is 3.22. The van der Waals surface area contributed by atoms with Gasteiger partial charge in [0.2, 0.25) is 5.88 Å². The topological polar surface area (TPSA) is 93.9 Å². The molecule has 8 heteroatoms. The minimum absolute atomic E-state index is 0.277. The first-order valence-corrected chi connectivity index (χ1v) is 7.61. The molecule has 0 radical (unpaired) electrons. The van der Waals surface area contributed by atoms with Gasteiger partial charge in [-0.15, -0.1) is 15.3 Å². The molecule has 4 rings (SSSR count). The summed E-state index contributed by atoms with van der Waals surface area (Å²) in [6, 6.07) is 13.8. The van der Waals surface area contributed by atoms with Crippen molar-refractivity contribution in [1.82, 2.24) is 35.0 Å². The number of ether oxygens (including phenoxy) is 1. The van der Waals surface area contributed by atoms with Crippen molar-refractivity contribution >= 4 is 5.65 Å². The molecule has 0 saturated carbocycles. The molecular formula is C16H15N7O. The number of benzene rings is 1. The summed E-state index contributed by atoms with van der Waals surface area (Å²) in [4.78, 5) is 4.44. The first kappa shape index (κ1) is 14.3. The highest BCUT2D eigenvalue weighted by Crippen LogP contribution is 2.09. The molecule has 3 aromatic heterocycles. The van der Waals surface area contributed by atoms with E-state index in [0.29, 0.717) is 17.4 Å². The monoisotopic (exact) mass is 321 g/mol. The van der Waals surface area contributed by atoms with Crippen LogP contribution in [0.2, 0.25) is 0 Å². The number of H-pyrrole nitrogens is 1. The second kappa shape index (κ2) is 6.45. The number of hydrogen-bond acceptors (Lipinski definition) is 6. The fourth-order valence-electron chi connectivity index (χ4n) is 2.34. The fourth-order valence-corrected chi connectivity index (χ4v) is 2.34. The molecule has 120 valence electrons. The molecule has 0 aliphatic carbocycles. The van der Waals surface area contributed by atoms with Gasteiger partial charge in [-0.1, -0.05) is 30.3 Å². The van der Waals surface area contributed by atoms with E-state index >= 15 is 0 Å². The maximum Gasteiger partial charge on any atom is 0.232 e. The van der Waals surface area contributed by atoms with E-state index in [1.54, 1.807) is 16.6 Å². The van der Waals surface area contributed by atoms with Crippen LogP contribution in [0, 0.1) is 0 Å². The van der Waals surface area contributed by atoms with Crippen LogP contribution in [0.4, 0.5) is 0 Å². The predicted molar refractivity (Wildman–Crippen MR) is 85.3 cm³/mol. The van der Waals surface area contributed by atoms with Gasteiger partial charge in [0.15, 0.2) is 17.3 Å². The van der Waals surface area contributed by atoms with Crippen molar-refractivity contribution < 1.29 is 4.74 Å². The highest BCUT2D eigenvalue weighted by atomic mass is 16.5. The Labute approximate surface area is 137 Å². The SMILES string of the molecule is c1ccc(CCc2n[nH]c(COc3ccc4nncn4n3)n2)cc1. The van der Waals surface area contributed by atoms with Gasteiger partial charge in [0.25, 0.3) is 0 Å². The minimum atomic E-state index is 0.277. The molecule has 0 spiro atoms. The second-order valence-corrected chi connectivity index (χ2v) is 5.28. The van der Waals surface area contributed by atoms with Crippen molar-refractivity contribution in [3.05, 3.63) is 66.0 Å². The van der Waals surface area contributed by atoms with Crippen molar-refractivity contribution in [2.75, 3.05) is 0 Å². The highest BCUT2D eigenvalue weighted by molar-refractivity contribution is 5.35. The summed E-state index contributed by atoms with van der Waals surface area (Å²) in [5.41, 5.74) is 1.94. The van der Waals surface area contributed by atoms with Gasteiger partial charge in [-0.05, 0) is 18.1 Å². The number of nitrogens with zero attached hydrogens (tertiary/aromatic N) is 6. The smallest absolute Gasteiger partial charge is 0.232 e. The Hall–Kier alpha value is -3.29. The molecule has 3 heterocycles. The van der Waals surface area contributed by atoms with Gasteiger partial charge in [0, 0.05) is 12.5 Å². The third-order valence-electron chi connectivity index (χ3n) is 3.55. The maximum absolute atomic E-state index is 5.62. The third-order valence-corrected chi connectivity index (χ3v) is 3.55. The Morgan fingerprint density at radius 1 is 1.04 bits per heavy atom. The van der Waals surface area contributed by atoms with Gasteiger partial charge in [-0.25, -0.2) is 4.98 Å². The second-order valence-electron chi connectivity index (χ2n) is 5.28. The molecule has 0 aliphatic heterocycles. The molecule has 0 amide bonds. The Kier molecular flexibility index (Phi) is 3.85. The Bertz CT molecular complexity index is 932. The summed E-state index contributed by atoms with van der Waals surface area (Å²) in [6.45, 7) is 0.277. The molecule has 0 bridgehead atoms. The average molecular weight is 321 g/mol. The van der Waals surface area contributed by atoms with Crippen LogP contribution in [0.3, 0.4) is 0 Å². The molecule has 4 aromatic rings. The Balaban J connectivity index is 1.34. The first-order chi connectivity index (χ1) is 11.9. The van der Waals surface area contributed by atoms with E-state index < -0.39 is 0 Å². The van der Waals surface area contributed by atoms with Crippen molar-refractivity contribution in [3.8, 4) is 5.88 Å². The average Bonchev–Trinajstić information content (AvgIpc) is 3.28. The summed E-state index contributed by atoms with van der Waals surface area (Å²) in [5.74, 6) is 1.92. The van der Waals surface area contributed by atoms with Crippen LogP contribution in [-0.2, 0) is 19.4 Å². The molecule has 0 aliphatic rings. The highest BCUT2D eigenvalue weighted by Gasteiger charge is 2.06. The first-order valence-electron chi connectivity index (χ1n) is 7.61. The Morgan fingerprint density at radius 2 is 1.96 bits per heavy atom. The van der Waals surface area contributed by atoms with Gasteiger partial charge in [0.05, 0.1) is 0 Å². The summed E-state index contributed by atoms with van der Waals surface area (Å²) in [5, 5.41) is 19.0. The van der Waals surface area contributed by atoms with Crippen molar-refractivity contribution in [2.45, 2.75) is 19.4 Å². The number of fused-ring (bicyclic) bond motifs is 1. The van der Waals surface area contributed by atoms with Gasteiger partial charge < -0.3 is 4.74 Å². The zero-order chi connectivity index (χ0) is 16.2. The molecular weight excluding hydrogens is 306 g/mol. The van der Waals surface area contributed by atoms with E-state index in [9.17, 15) is 0 Å². The molecule has 0 fully saturated rings. The van der Waals surface area contributed by atoms with Crippen LogP contribution < -0.4 is 4.74 Å². The zero-order valence-corrected chi connectivity index (χ0v) is 12.8. The van der Waals surface area contributed by atoms with E-state index in [4.69, 9.17) is 4.74 Å². The van der Waals surface area contributed by atoms with Gasteiger partial charge >= 0.3 is 0 Å². The van der Waals surface area contributed by atoms with Gasteiger partial charge in [-0.2, -0.15) is 9.61 Å². The summed E-state index contributed by atoms with van der Waals surface area (Å²) >= 11 is 0. The van der Waals surface area contributed by atoms with Gasteiger partial charge in [0.1, 0.15) is 12.9 Å². The van der Waals surface area contributed by atoms with E-state index in [1.165, 1.54) is 11.9 Å². The lowest BCUT2D eigenvalue weighted by molar-refractivity contribution is 0.280. The number of aryl methyl sites for hydroxylation is 2. The molecule has 1 aromatic carbocycles. The Morgan fingerprint density at radius 3 is 2.88 bits per heavy atom. The zero-order valence-electron chi connectivity index (χ0n) is 12.8. The normalized spacial score (nSPS) is 11.0. The van der Waals surface area contributed by atoms with Crippen molar-refractivity contribution in [1.29, 1.82) is 0 Å².